The SMILES string of the molecule is CC(C)(C(N)=O)c1ccc(NC(=O)[C@@H]2CC[C@H](CN)O2)cc1.Cl. The van der Waals surface area contributed by atoms with Gasteiger partial charge in [-0.15, -0.1) is 12.4 Å². The van der Waals surface area contributed by atoms with Crippen LogP contribution in [0.15, 0.2) is 24.3 Å². The van der Waals surface area contributed by atoms with Crippen molar-refractivity contribution < 1.29 is 14.3 Å². The molecule has 128 valence electrons. The first-order chi connectivity index (χ1) is 10.3. The van der Waals surface area contributed by atoms with Gasteiger partial charge in [-0.2, -0.15) is 0 Å². The van der Waals surface area contributed by atoms with E-state index in [9.17, 15) is 9.59 Å². The smallest absolute Gasteiger partial charge is 0.253 e. The normalized spacial score (nSPS) is 20.7. The van der Waals surface area contributed by atoms with Crippen molar-refractivity contribution in [2.75, 3.05) is 11.9 Å². The van der Waals surface area contributed by atoms with Crippen LogP contribution in [0.5, 0.6) is 0 Å². The number of benzene rings is 1. The number of hydrogen-bond donors (Lipinski definition) is 3. The summed E-state index contributed by atoms with van der Waals surface area (Å²) in [5, 5.41) is 2.82. The summed E-state index contributed by atoms with van der Waals surface area (Å²) in [6.45, 7) is 3.96. The zero-order valence-electron chi connectivity index (χ0n) is 13.4. The predicted molar refractivity (Wildman–Crippen MR) is 91.5 cm³/mol. The summed E-state index contributed by atoms with van der Waals surface area (Å²) in [7, 11) is 0. The first kappa shape index (κ1) is 19.4. The molecule has 2 amide bonds. The maximum absolute atomic E-state index is 12.1. The summed E-state index contributed by atoms with van der Waals surface area (Å²) < 4.78 is 5.56. The molecule has 0 aromatic heterocycles. The monoisotopic (exact) mass is 341 g/mol. The lowest BCUT2D eigenvalue weighted by Gasteiger charge is -2.21. The Kier molecular flexibility index (Phi) is 6.56. The van der Waals surface area contributed by atoms with E-state index in [2.05, 4.69) is 5.32 Å². The number of hydrogen-bond acceptors (Lipinski definition) is 4. The third kappa shape index (κ3) is 4.43. The summed E-state index contributed by atoms with van der Waals surface area (Å²) >= 11 is 0. The van der Waals surface area contributed by atoms with Crippen LogP contribution in [0.2, 0.25) is 0 Å². The number of ether oxygens (including phenoxy) is 1. The van der Waals surface area contributed by atoms with Gasteiger partial charge in [-0.3, -0.25) is 9.59 Å². The molecule has 6 nitrogen and oxygen atoms in total. The standard InChI is InChI=1S/C16H23N3O3.ClH/c1-16(2,15(18)21)10-3-5-11(6-4-10)19-14(20)13-8-7-12(9-17)22-13;/h3-6,12-13H,7-9,17H2,1-2H3,(H2,18,21)(H,19,20);1H/t12-,13+;/m1./s1. The fraction of sp³-hybridized carbons (Fsp3) is 0.500. The lowest BCUT2D eigenvalue weighted by molar-refractivity contribution is -0.126. The van der Waals surface area contributed by atoms with E-state index >= 15 is 0 Å². The van der Waals surface area contributed by atoms with Crippen LogP contribution in [-0.4, -0.2) is 30.6 Å². The number of anilines is 1. The maximum atomic E-state index is 12.1. The highest BCUT2D eigenvalue weighted by Gasteiger charge is 2.30. The van der Waals surface area contributed by atoms with Crippen LogP contribution in [0.25, 0.3) is 0 Å². The van der Waals surface area contributed by atoms with Crippen LogP contribution in [0.1, 0.15) is 32.3 Å². The summed E-state index contributed by atoms with van der Waals surface area (Å²) in [6.07, 6.45) is 1.01. The van der Waals surface area contributed by atoms with Gasteiger partial charge in [0.05, 0.1) is 11.5 Å². The van der Waals surface area contributed by atoms with E-state index in [1.807, 2.05) is 0 Å². The highest BCUT2D eigenvalue weighted by atomic mass is 35.5. The maximum Gasteiger partial charge on any atom is 0.253 e. The number of rotatable bonds is 5. The van der Waals surface area contributed by atoms with Crippen molar-refractivity contribution in [3.63, 3.8) is 0 Å². The van der Waals surface area contributed by atoms with Gasteiger partial charge in [-0.05, 0) is 44.4 Å². The van der Waals surface area contributed by atoms with Crippen LogP contribution in [-0.2, 0) is 19.7 Å². The molecule has 1 aromatic carbocycles. The molecule has 1 aliphatic rings. The van der Waals surface area contributed by atoms with E-state index in [0.717, 1.165) is 12.0 Å². The molecule has 0 aliphatic carbocycles. The van der Waals surface area contributed by atoms with Gasteiger partial charge >= 0.3 is 0 Å². The summed E-state index contributed by atoms with van der Waals surface area (Å²) in [6, 6.07) is 7.09. The fourth-order valence-electron chi connectivity index (χ4n) is 2.41. The molecular weight excluding hydrogens is 318 g/mol. The van der Waals surface area contributed by atoms with E-state index in [4.69, 9.17) is 16.2 Å². The van der Waals surface area contributed by atoms with Crippen molar-refractivity contribution in [1.29, 1.82) is 0 Å². The van der Waals surface area contributed by atoms with E-state index < -0.39 is 17.4 Å². The Balaban J connectivity index is 0.00000264. The van der Waals surface area contributed by atoms with Gasteiger partial charge in [0.25, 0.3) is 5.91 Å². The van der Waals surface area contributed by atoms with Gasteiger partial charge in [-0.1, -0.05) is 12.1 Å². The molecule has 5 N–H and O–H groups in total. The van der Waals surface area contributed by atoms with Crippen molar-refractivity contribution in [2.24, 2.45) is 11.5 Å². The van der Waals surface area contributed by atoms with Crippen LogP contribution in [0.3, 0.4) is 0 Å². The predicted octanol–water partition coefficient (Wildman–Crippen LogP) is 1.32. The van der Waals surface area contributed by atoms with E-state index in [-0.39, 0.29) is 24.4 Å². The fourth-order valence-corrected chi connectivity index (χ4v) is 2.41. The average molecular weight is 342 g/mol. The third-order valence-electron chi connectivity index (χ3n) is 4.15. The Labute approximate surface area is 142 Å². The summed E-state index contributed by atoms with van der Waals surface area (Å²) in [5.41, 5.74) is 11.7. The van der Waals surface area contributed by atoms with Crippen molar-refractivity contribution in [2.45, 2.75) is 44.3 Å². The van der Waals surface area contributed by atoms with Gasteiger partial charge in [0, 0.05) is 12.2 Å². The molecule has 0 spiro atoms. The van der Waals surface area contributed by atoms with Crippen LogP contribution < -0.4 is 16.8 Å². The Morgan fingerprint density at radius 1 is 1.26 bits per heavy atom. The number of primary amides is 1. The molecule has 1 heterocycles. The molecule has 7 heteroatoms. The molecule has 1 saturated heterocycles. The number of nitrogens with one attached hydrogen (secondary N) is 1. The second-order valence-electron chi connectivity index (χ2n) is 6.12. The van der Waals surface area contributed by atoms with Crippen molar-refractivity contribution in [3.8, 4) is 0 Å². The minimum absolute atomic E-state index is 0. The lowest BCUT2D eigenvalue weighted by atomic mass is 9.84. The largest absolute Gasteiger partial charge is 0.369 e. The molecule has 1 aromatic rings. The van der Waals surface area contributed by atoms with Gasteiger partial charge in [0.15, 0.2) is 0 Å². The molecule has 0 radical (unpaired) electrons. The first-order valence-electron chi connectivity index (χ1n) is 7.41. The molecule has 2 rings (SSSR count). The minimum Gasteiger partial charge on any atom is -0.369 e. The van der Waals surface area contributed by atoms with Crippen LogP contribution >= 0.6 is 12.4 Å². The van der Waals surface area contributed by atoms with Crippen molar-refractivity contribution >= 4 is 29.9 Å². The zero-order valence-corrected chi connectivity index (χ0v) is 14.2. The topological polar surface area (TPSA) is 107 Å². The molecular formula is C16H24ClN3O3. The average Bonchev–Trinajstić information content (AvgIpc) is 2.96. The highest BCUT2D eigenvalue weighted by Crippen LogP contribution is 2.25. The van der Waals surface area contributed by atoms with Crippen LogP contribution in [0.4, 0.5) is 5.69 Å². The van der Waals surface area contributed by atoms with Gasteiger partial charge in [-0.25, -0.2) is 0 Å². The number of halogens is 1. The van der Waals surface area contributed by atoms with E-state index in [1.54, 1.807) is 38.1 Å². The number of carbonyl (C=O) groups is 2. The summed E-state index contributed by atoms with van der Waals surface area (Å²) in [5.74, 6) is -0.561. The van der Waals surface area contributed by atoms with Crippen molar-refractivity contribution in [3.05, 3.63) is 29.8 Å². The van der Waals surface area contributed by atoms with Gasteiger partial charge < -0.3 is 21.5 Å². The van der Waals surface area contributed by atoms with Gasteiger partial charge in [0.1, 0.15) is 6.10 Å². The number of nitrogens with two attached hydrogens (primary N) is 2. The molecule has 1 aliphatic heterocycles. The van der Waals surface area contributed by atoms with Crippen molar-refractivity contribution in [1.82, 2.24) is 0 Å². The second-order valence-corrected chi connectivity index (χ2v) is 6.12. The minimum atomic E-state index is -0.745. The van der Waals surface area contributed by atoms with Crippen LogP contribution in [0, 0.1) is 0 Å². The molecule has 2 atom stereocenters. The second kappa shape index (κ2) is 7.77. The zero-order chi connectivity index (χ0) is 16.3. The third-order valence-corrected chi connectivity index (χ3v) is 4.15. The van der Waals surface area contributed by atoms with E-state index in [0.29, 0.717) is 18.7 Å². The molecule has 0 saturated carbocycles. The molecule has 1 fully saturated rings. The number of amides is 2. The Morgan fingerprint density at radius 3 is 2.35 bits per heavy atom. The molecule has 0 bridgehead atoms. The number of carbonyl (C=O) groups excluding carboxylic acids is 2. The van der Waals surface area contributed by atoms with Gasteiger partial charge in [0.2, 0.25) is 5.91 Å². The first-order valence-corrected chi connectivity index (χ1v) is 7.41. The van der Waals surface area contributed by atoms with E-state index in [1.165, 1.54) is 0 Å². The quantitative estimate of drug-likeness (QED) is 0.750. The lowest BCUT2D eigenvalue weighted by Crippen LogP contribution is -2.35. The Bertz CT molecular complexity index is 560. The molecule has 0 unspecified atom stereocenters. The molecule has 23 heavy (non-hydrogen) atoms. The Morgan fingerprint density at radius 2 is 1.87 bits per heavy atom. The summed E-state index contributed by atoms with van der Waals surface area (Å²) in [4.78, 5) is 23.6. The Hall–Kier alpha value is -1.63. The highest BCUT2D eigenvalue weighted by molar-refractivity contribution is 5.94.